The molecule has 4 nitrogen and oxygen atoms in total. The molecule has 0 saturated carbocycles. The van der Waals surface area contributed by atoms with Gasteiger partial charge in [0.05, 0.1) is 0 Å². The first kappa shape index (κ1) is 9.25. The fourth-order valence-corrected chi connectivity index (χ4v) is 0.762. The molecule has 2 amide bonds. The molecule has 0 radical (unpaired) electrons. The normalized spacial score (nSPS) is 8.92. The number of nitrogens with one attached hydrogen (secondary N) is 2. The van der Waals surface area contributed by atoms with Gasteiger partial charge in [-0.1, -0.05) is 12.1 Å². The zero-order chi connectivity index (χ0) is 9.52. The van der Waals surface area contributed by atoms with Crippen molar-refractivity contribution in [3.8, 4) is 0 Å². The second kappa shape index (κ2) is 4.92. The lowest BCUT2D eigenvalue weighted by atomic mass is 10.5. The molecule has 0 bridgehead atoms. The Hall–Kier alpha value is -1.84. The van der Waals surface area contributed by atoms with Gasteiger partial charge in [0, 0.05) is 12.7 Å². The van der Waals surface area contributed by atoms with Gasteiger partial charge in [-0.05, 0) is 12.1 Å². The first-order valence-corrected chi connectivity index (χ1v) is 3.89. The molecule has 4 heteroatoms. The Morgan fingerprint density at radius 2 is 2.46 bits per heavy atom. The van der Waals surface area contributed by atoms with E-state index in [2.05, 4.69) is 22.2 Å². The molecule has 13 heavy (non-hydrogen) atoms. The van der Waals surface area contributed by atoms with E-state index in [-0.39, 0.29) is 6.03 Å². The Balaban J connectivity index is 2.41. The van der Waals surface area contributed by atoms with Crippen LogP contribution in [0.4, 0.5) is 10.6 Å². The number of aromatic nitrogens is 1. The molecule has 1 aromatic heterocycles. The van der Waals surface area contributed by atoms with Crippen LogP contribution in [0.3, 0.4) is 0 Å². The highest BCUT2D eigenvalue weighted by molar-refractivity contribution is 5.88. The average molecular weight is 177 g/mol. The van der Waals surface area contributed by atoms with Gasteiger partial charge in [-0.2, -0.15) is 0 Å². The summed E-state index contributed by atoms with van der Waals surface area (Å²) in [6.07, 6.45) is 3.22. The molecule has 0 aliphatic carbocycles. The third-order valence-corrected chi connectivity index (χ3v) is 1.31. The van der Waals surface area contributed by atoms with Crippen LogP contribution in [0.5, 0.6) is 0 Å². The number of nitrogens with zero attached hydrogens (tertiary/aromatic N) is 1. The van der Waals surface area contributed by atoms with E-state index in [1.54, 1.807) is 30.5 Å². The molecule has 0 aliphatic rings. The van der Waals surface area contributed by atoms with Gasteiger partial charge in [0.2, 0.25) is 0 Å². The molecular formula is C9H11N3O. The molecule has 0 fully saturated rings. The van der Waals surface area contributed by atoms with Crippen molar-refractivity contribution < 1.29 is 4.79 Å². The lowest BCUT2D eigenvalue weighted by Crippen LogP contribution is -2.28. The topological polar surface area (TPSA) is 54.0 Å². The zero-order valence-corrected chi connectivity index (χ0v) is 7.16. The Kier molecular flexibility index (Phi) is 3.50. The molecule has 1 heterocycles. The van der Waals surface area contributed by atoms with E-state index in [0.717, 1.165) is 0 Å². The summed E-state index contributed by atoms with van der Waals surface area (Å²) in [5, 5.41) is 5.14. The number of anilines is 1. The van der Waals surface area contributed by atoms with Gasteiger partial charge in [0.25, 0.3) is 0 Å². The van der Waals surface area contributed by atoms with Gasteiger partial charge >= 0.3 is 6.03 Å². The zero-order valence-electron chi connectivity index (χ0n) is 7.16. The van der Waals surface area contributed by atoms with Crippen molar-refractivity contribution in [3.63, 3.8) is 0 Å². The summed E-state index contributed by atoms with van der Waals surface area (Å²) < 4.78 is 0. The number of carbonyl (C=O) groups excluding carboxylic acids is 1. The van der Waals surface area contributed by atoms with Crippen LogP contribution in [0.25, 0.3) is 0 Å². The number of pyridine rings is 1. The van der Waals surface area contributed by atoms with Crippen molar-refractivity contribution in [1.29, 1.82) is 0 Å². The lowest BCUT2D eigenvalue weighted by Gasteiger charge is -2.03. The third kappa shape index (κ3) is 3.37. The van der Waals surface area contributed by atoms with Gasteiger partial charge in [-0.25, -0.2) is 9.78 Å². The third-order valence-electron chi connectivity index (χ3n) is 1.31. The van der Waals surface area contributed by atoms with Crippen molar-refractivity contribution in [3.05, 3.63) is 37.1 Å². The molecular weight excluding hydrogens is 166 g/mol. The smallest absolute Gasteiger partial charge is 0.320 e. The number of hydrogen-bond acceptors (Lipinski definition) is 2. The summed E-state index contributed by atoms with van der Waals surface area (Å²) in [6.45, 7) is 3.92. The Labute approximate surface area is 76.7 Å². The first-order valence-electron chi connectivity index (χ1n) is 3.89. The Morgan fingerprint density at radius 3 is 3.08 bits per heavy atom. The standard InChI is InChI=1S/C9H11N3O/c1-2-6-11-9(13)12-8-5-3-4-7-10-8/h2-5,7H,1,6H2,(H2,10,11,12,13). The van der Waals surface area contributed by atoms with Crippen LogP contribution in [0.2, 0.25) is 0 Å². The second-order valence-electron chi connectivity index (χ2n) is 2.34. The summed E-state index contributed by atoms with van der Waals surface area (Å²) in [5.41, 5.74) is 0. The molecule has 0 spiro atoms. The first-order chi connectivity index (χ1) is 6.33. The van der Waals surface area contributed by atoms with Crippen LogP contribution >= 0.6 is 0 Å². The SMILES string of the molecule is C=CCNC(=O)Nc1ccccn1. The summed E-state index contributed by atoms with van der Waals surface area (Å²) in [5.74, 6) is 0.532. The van der Waals surface area contributed by atoms with E-state index in [1.807, 2.05) is 0 Å². The minimum Gasteiger partial charge on any atom is -0.334 e. The summed E-state index contributed by atoms with van der Waals surface area (Å²) >= 11 is 0. The van der Waals surface area contributed by atoms with E-state index in [0.29, 0.717) is 12.4 Å². The molecule has 0 saturated heterocycles. The number of amides is 2. The van der Waals surface area contributed by atoms with Gasteiger partial charge < -0.3 is 5.32 Å². The fraction of sp³-hybridized carbons (Fsp3) is 0.111. The largest absolute Gasteiger partial charge is 0.334 e. The van der Waals surface area contributed by atoms with Crippen LogP contribution in [-0.2, 0) is 0 Å². The molecule has 1 aromatic rings. The van der Waals surface area contributed by atoms with Crippen molar-refractivity contribution >= 4 is 11.8 Å². The highest BCUT2D eigenvalue weighted by Gasteiger charge is 1.98. The van der Waals surface area contributed by atoms with E-state index in [1.165, 1.54) is 0 Å². The molecule has 0 unspecified atom stereocenters. The van der Waals surface area contributed by atoms with Crippen molar-refractivity contribution in [2.45, 2.75) is 0 Å². The lowest BCUT2D eigenvalue weighted by molar-refractivity contribution is 0.253. The molecule has 0 aromatic carbocycles. The number of carbonyl (C=O) groups is 1. The summed E-state index contributed by atoms with van der Waals surface area (Å²) in [4.78, 5) is 15.0. The highest BCUT2D eigenvalue weighted by atomic mass is 16.2. The summed E-state index contributed by atoms with van der Waals surface area (Å²) in [6, 6.07) is 5.02. The van der Waals surface area contributed by atoms with Crippen LogP contribution in [-0.4, -0.2) is 17.6 Å². The quantitative estimate of drug-likeness (QED) is 0.685. The summed E-state index contributed by atoms with van der Waals surface area (Å²) in [7, 11) is 0. The molecule has 68 valence electrons. The van der Waals surface area contributed by atoms with E-state index >= 15 is 0 Å². The minimum absolute atomic E-state index is 0.279. The fourth-order valence-electron chi connectivity index (χ4n) is 0.762. The number of rotatable bonds is 3. The average Bonchev–Trinajstić information content (AvgIpc) is 2.16. The second-order valence-corrected chi connectivity index (χ2v) is 2.34. The van der Waals surface area contributed by atoms with Crippen LogP contribution in [0.15, 0.2) is 37.1 Å². The van der Waals surface area contributed by atoms with Crippen LogP contribution in [0.1, 0.15) is 0 Å². The van der Waals surface area contributed by atoms with E-state index in [9.17, 15) is 4.79 Å². The molecule has 1 rings (SSSR count). The van der Waals surface area contributed by atoms with Gasteiger partial charge in [-0.15, -0.1) is 6.58 Å². The number of urea groups is 1. The van der Waals surface area contributed by atoms with Crippen molar-refractivity contribution in [2.24, 2.45) is 0 Å². The predicted octanol–water partition coefficient (Wildman–Crippen LogP) is 1.39. The molecule has 2 N–H and O–H groups in total. The maximum absolute atomic E-state index is 11.1. The number of hydrogen-bond donors (Lipinski definition) is 2. The maximum atomic E-state index is 11.1. The highest BCUT2D eigenvalue weighted by Crippen LogP contribution is 1.98. The van der Waals surface area contributed by atoms with Crippen LogP contribution in [0, 0.1) is 0 Å². The van der Waals surface area contributed by atoms with Crippen molar-refractivity contribution in [1.82, 2.24) is 10.3 Å². The van der Waals surface area contributed by atoms with E-state index in [4.69, 9.17) is 0 Å². The monoisotopic (exact) mass is 177 g/mol. The van der Waals surface area contributed by atoms with E-state index < -0.39 is 0 Å². The minimum atomic E-state index is -0.279. The van der Waals surface area contributed by atoms with Gasteiger partial charge in [0.15, 0.2) is 0 Å². The molecule has 0 aliphatic heterocycles. The van der Waals surface area contributed by atoms with Gasteiger partial charge in [0.1, 0.15) is 5.82 Å². The predicted molar refractivity (Wildman–Crippen MR) is 51.5 cm³/mol. The van der Waals surface area contributed by atoms with Crippen molar-refractivity contribution in [2.75, 3.05) is 11.9 Å². The Bertz CT molecular complexity index is 284. The van der Waals surface area contributed by atoms with Gasteiger partial charge in [-0.3, -0.25) is 5.32 Å². The molecule has 0 atom stereocenters. The Morgan fingerprint density at radius 1 is 1.62 bits per heavy atom. The van der Waals surface area contributed by atoms with Crippen LogP contribution < -0.4 is 10.6 Å². The maximum Gasteiger partial charge on any atom is 0.320 e.